The summed E-state index contributed by atoms with van der Waals surface area (Å²) in [6.45, 7) is 3.16. The maximum absolute atomic E-state index is 3.93. The van der Waals surface area contributed by atoms with Crippen LogP contribution in [0, 0.1) is 0 Å². The maximum Gasteiger partial charge on any atom is 0.0722 e. The monoisotopic (exact) mass is 317 g/mol. The van der Waals surface area contributed by atoms with Crippen LogP contribution in [0.3, 0.4) is 0 Å². The minimum absolute atomic E-state index is 0.209. The first-order valence-electron chi connectivity index (χ1n) is 5.05. The number of thiophene rings is 1. The van der Waals surface area contributed by atoms with Gasteiger partial charge in [0.2, 0.25) is 0 Å². The SMILES string of the molecule is CCCNC(c1cnns1)c1cscc1Br. The van der Waals surface area contributed by atoms with E-state index in [0.29, 0.717) is 0 Å². The number of halogens is 1. The van der Waals surface area contributed by atoms with Crippen LogP contribution < -0.4 is 5.32 Å². The Hall–Kier alpha value is -0.300. The molecule has 0 aliphatic rings. The van der Waals surface area contributed by atoms with E-state index in [1.165, 1.54) is 17.1 Å². The molecule has 0 aromatic carbocycles. The molecule has 1 unspecified atom stereocenters. The molecule has 1 N–H and O–H groups in total. The van der Waals surface area contributed by atoms with Gasteiger partial charge in [0, 0.05) is 9.85 Å². The van der Waals surface area contributed by atoms with Crippen molar-refractivity contribution < 1.29 is 0 Å². The molecule has 1 atom stereocenters. The van der Waals surface area contributed by atoms with Gasteiger partial charge in [-0.1, -0.05) is 11.4 Å². The van der Waals surface area contributed by atoms with Crippen LogP contribution in [-0.2, 0) is 0 Å². The molecule has 86 valence electrons. The van der Waals surface area contributed by atoms with E-state index in [4.69, 9.17) is 0 Å². The lowest BCUT2D eigenvalue weighted by molar-refractivity contribution is 0.605. The quantitative estimate of drug-likeness (QED) is 0.917. The zero-order valence-electron chi connectivity index (χ0n) is 8.81. The van der Waals surface area contributed by atoms with Crippen LogP contribution in [0.5, 0.6) is 0 Å². The van der Waals surface area contributed by atoms with Crippen molar-refractivity contribution in [2.45, 2.75) is 19.4 Å². The number of nitrogens with zero attached hydrogens (tertiary/aromatic N) is 2. The van der Waals surface area contributed by atoms with E-state index in [2.05, 4.69) is 48.5 Å². The molecule has 3 nitrogen and oxygen atoms in total. The van der Waals surface area contributed by atoms with E-state index in [1.54, 1.807) is 11.3 Å². The van der Waals surface area contributed by atoms with Gasteiger partial charge in [0.15, 0.2) is 0 Å². The van der Waals surface area contributed by atoms with Gasteiger partial charge < -0.3 is 5.32 Å². The van der Waals surface area contributed by atoms with Gasteiger partial charge in [0.05, 0.1) is 17.1 Å². The number of hydrogen-bond acceptors (Lipinski definition) is 5. The second-order valence-corrected chi connectivity index (χ2v) is 5.80. The third kappa shape index (κ3) is 2.68. The van der Waals surface area contributed by atoms with Crippen molar-refractivity contribution in [3.8, 4) is 0 Å². The van der Waals surface area contributed by atoms with Gasteiger partial charge in [0.25, 0.3) is 0 Å². The predicted molar refractivity (Wildman–Crippen MR) is 72.1 cm³/mol. The average molecular weight is 318 g/mol. The van der Waals surface area contributed by atoms with Gasteiger partial charge in [-0.15, -0.1) is 5.10 Å². The Balaban J connectivity index is 2.25. The summed E-state index contributed by atoms with van der Waals surface area (Å²) >= 11 is 6.73. The van der Waals surface area contributed by atoms with Crippen LogP contribution in [0.25, 0.3) is 0 Å². The third-order valence-corrected chi connectivity index (χ3v) is 4.69. The standard InChI is InChI=1S/C10H12BrN3S2/c1-2-3-12-10(9-4-13-14-16-9)7-5-15-6-8(7)11/h4-6,10,12H,2-3H2,1H3. The summed E-state index contributed by atoms with van der Waals surface area (Å²) in [5.41, 5.74) is 1.27. The largest absolute Gasteiger partial charge is 0.305 e. The summed E-state index contributed by atoms with van der Waals surface area (Å²) in [7, 11) is 0. The molecule has 2 heterocycles. The number of hydrogen-bond donors (Lipinski definition) is 1. The molecule has 16 heavy (non-hydrogen) atoms. The minimum atomic E-state index is 0.209. The van der Waals surface area contributed by atoms with Crippen LogP contribution in [0.1, 0.15) is 29.8 Å². The van der Waals surface area contributed by atoms with Gasteiger partial charge in [0.1, 0.15) is 0 Å². The lowest BCUT2D eigenvalue weighted by Gasteiger charge is -2.15. The molecule has 0 aliphatic carbocycles. The molecule has 0 spiro atoms. The summed E-state index contributed by atoms with van der Waals surface area (Å²) in [5, 5.41) is 11.7. The fourth-order valence-corrected chi connectivity index (χ4v) is 3.60. The maximum atomic E-state index is 3.93. The first kappa shape index (κ1) is 12.2. The van der Waals surface area contributed by atoms with Crippen LogP contribution in [-0.4, -0.2) is 16.1 Å². The van der Waals surface area contributed by atoms with E-state index < -0.39 is 0 Å². The summed E-state index contributed by atoms with van der Waals surface area (Å²) < 4.78 is 5.08. The van der Waals surface area contributed by atoms with Crippen molar-refractivity contribution in [1.82, 2.24) is 14.9 Å². The molecule has 0 saturated carbocycles. The van der Waals surface area contributed by atoms with Crippen molar-refractivity contribution in [2.24, 2.45) is 0 Å². The Kier molecular flexibility index (Phi) is 4.45. The molecule has 0 saturated heterocycles. The Bertz CT molecular complexity index is 427. The van der Waals surface area contributed by atoms with E-state index in [-0.39, 0.29) is 6.04 Å². The smallest absolute Gasteiger partial charge is 0.0722 e. The molecule has 2 rings (SSSR count). The molecule has 0 fully saturated rings. The second-order valence-electron chi connectivity index (χ2n) is 3.38. The Morgan fingerprint density at radius 3 is 2.94 bits per heavy atom. The molecular formula is C10H12BrN3S2. The van der Waals surface area contributed by atoms with Crippen molar-refractivity contribution in [3.63, 3.8) is 0 Å². The van der Waals surface area contributed by atoms with Crippen molar-refractivity contribution in [2.75, 3.05) is 6.54 Å². The topological polar surface area (TPSA) is 37.8 Å². The van der Waals surface area contributed by atoms with Crippen LogP contribution >= 0.6 is 38.8 Å². The highest BCUT2D eigenvalue weighted by Crippen LogP contribution is 2.32. The number of nitrogens with one attached hydrogen (secondary N) is 1. The van der Waals surface area contributed by atoms with Gasteiger partial charge in [-0.25, -0.2) is 0 Å². The highest BCUT2D eigenvalue weighted by Gasteiger charge is 2.18. The minimum Gasteiger partial charge on any atom is -0.305 e. The van der Waals surface area contributed by atoms with E-state index in [9.17, 15) is 0 Å². The predicted octanol–water partition coefficient (Wildman–Crippen LogP) is 3.45. The summed E-state index contributed by atoms with van der Waals surface area (Å²) in [6.07, 6.45) is 2.95. The third-order valence-electron chi connectivity index (χ3n) is 2.21. The molecule has 0 bridgehead atoms. The molecule has 0 amide bonds. The number of aromatic nitrogens is 2. The fourth-order valence-electron chi connectivity index (χ4n) is 1.45. The highest BCUT2D eigenvalue weighted by molar-refractivity contribution is 9.10. The lowest BCUT2D eigenvalue weighted by Crippen LogP contribution is -2.22. The van der Waals surface area contributed by atoms with Gasteiger partial charge in [-0.2, -0.15) is 11.3 Å². The second kappa shape index (κ2) is 5.86. The molecule has 2 aromatic rings. The average Bonchev–Trinajstić information content (AvgIpc) is 2.91. The normalized spacial score (nSPS) is 12.9. The zero-order chi connectivity index (χ0) is 11.4. The van der Waals surface area contributed by atoms with E-state index in [0.717, 1.165) is 22.3 Å². The van der Waals surface area contributed by atoms with E-state index >= 15 is 0 Å². The van der Waals surface area contributed by atoms with Crippen molar-refractivity contribution in [3.05, 3.63) is 31.9 Å². The molecule has 0 radical (unpaired) electrons. The molecule has 2 aromatic heterocycles. The highest BCUT2D eigenvalue weighted by atomic mass is 79.9. The van der Waals surface area contributed by atoms with Crippen LogP contribution in [0.15, 0.2) is 21.4 Å². The lowest BCUT2D eigenvalue weighted by atomic mass is 10.1. The summed E-state index contributed by atoms with van der Waals surface area (Å²) in [5.74, 6) is 0. The molecular weight excluding hydrogens is 306 g/mol. The fraction of sp³-hybridized carbons (Fsp3) is 0.400. The van der Waals surface area contributed by atoms with Crippen molar-refractivity contribution in [1.29, 1.82) is 0 Å². The van der Waals surface area contributed by atoms with Gasteiger partial charge in [-0.05, 0) is 51.4 Å². The van der Waals surface area contributed by atoms with Crippen molar-refractivity contribution >= 4 is 38.8 Å². The Morgan fingerprint density at radius 2 is 2.38 bits per heavy atom. The first-order valence-corrected chi connectivity index (χ1v) is 7.56. The Morgan fingerprint density at radius 1 is 1.50 bits per heavy atom. The number of rotatable bonds is 5. The van der Waals surface area contributed by atoms with Gasteiger partial charge >= 0.3 is 0 Å². The van der Waals surface area contributed by atoms with Gasteiger partial charge in [-0.3, -0.25) is 0 Å². The molecule has 0 aliphatic heterocycles. The zero-order valence-corrected chi connectivity index (χ0v) is 12.0. The summed E-state index contributed by atoms with van der Waals surface area (Å²) in [4.78, 5) is 1.16. The van der Waals surface area contributed by atoms with E-state index in [1.807, 2.05) is 6.20 Å². The Labute approximate surface area is 111 Å². The van der Waals surface area contributed by atoms with Crippen LogP contribution in [0.2, 0.25) is 0 Å². The molecule has 6 heteroatoms. The first-order chi connectivity index (χ1) is 7.83. The summed E-state index contributed by atoms with van der Waals surface area (Å²) in [6, 6.07) is 0.209. The van der Waals surface area contributed by atoms with Crippen LogP contribution in [0.4, 0.5) is 0 Å².